The molecule has 1 aromatic carbocycles. The second-order valence-electron chi connectivity index (χ2n) is 10.2. The number of nitrogens with one attached hydrogen (secondary N) is 1. The highest BCUT2D eigenvalue weighted by Crippen LogP contribution is 2.38. The molecule has 6 rings (SSSR count). The number of carbonyl (C=O) groups is 1. The first-order chi connectivity index (χ1) is 16.8. The second-order valence-corrected chi connectivity index (χ2v) is 10.2. The molecule has 35 heavy (non-hydrogen) atoms. The molecule has 0 radical (unpaired) electrons. The van der Waals surface area contributed by atoms with Crippen LogP contribution in [0.1, 0.15) is 37.7 Å². The molecule has 1 amide bonds. The summed E-state index contributed by atoms with van der Waals surface area (Å²) in [6.07, 6.45) is 5.81. The molecular weight excluding hydrogens is 444 g/mol. The molecule has 0 saturated carbocycles. The number of piperazine rings is 1. The molecule has 3 N–H and O–H groups in total. The fourth-order valence-corrected chi connectivity index (χ4v) is 5.38. The van der Waals surface area contributed by atoms with Crippen molar-refractivity contribution in [1.82, 2.24) is 24.5 Å². The molecule has 180 valence electrons. The van der Waals surface area contributed by atoms with Crippen LogP contribution >= 0.6 is 0 Å². The molecular formula is C25H28N8O2. The maximum absolute atomic E-state index is 11.4. The summed E-state index contributed by atoms with van der Waals surface area (Å²) in [7, 11) is 0. The number of aromatic nitrogens is 4. The van der Waals surface area contributed by atoms with Gasteiger partial charge >= 0.3 is 0 Å². The fourth-order valence-electron chi connectivity index (χ4n) is 5.38. The number of amides is 1. The highest BCUT2D eigenvalue weighted by atomic mass is 16.3. The third kappa shape index (κ3) is 3.70. The highest BCUT2D eigenvalue weighted by molar-refractivity contribution is 5.91. The molecule has 2 atom stereocenters. The van der Waals surface area contributed by atoms with E-state index in [2.05, 4.69) is 75.2 Å². The molecule has 10 nitrogen and oxygen atoms in total. The third-order valence-electron chi connectivity index (χ3n) is 7.01. The van der Waals surface area contributed by atoms with Crippen molar-refractivity contribution < 1.29 is 9.21 Å². The van der Waals surface area contributed by atoms with Crippen molar-refractivity contribution >= 4 is 28.7 Å². The number of benzene rings is 1. The van der Waals surface area contributed by atoms with Crippen molar-refractivity contribution in [3.8, 4) is 11.3 Å². The minimum absolute atomic E-state index is 0.0768. The number of likely N-dealkylation sites (tertiary alicyclic amines) is 1. The molecule has 0 aliphatic carbocycles. The first-order valence-electron chi connectivity index (χ1n) is 11.8. The van der Waals surface area contributed by atoms with Crippen LogP contribution in [0, 0.1) is 0 Å². The van der Waals surface area contributed by atoms with Gasteiger partial charge in [0, 0.05) is 47.7 Å². The van der Waals surface area contributed by atoms with Gasteiger partial charge in [-0.05, 0) is 57.5 Å². The number of nitrogens with zero attached hydrogens (tertiary/aromatic N) is 6. The molecule has 2 bridgehead atoms. The van der Waals surface area contributed by atoms with Crippen molar-refractivity contribution in [3.63, 3.8) is 0 Å². The van der Waals surface area contributed by atoms with E-state index in [9.17, 15) is 4.79 Å². The Morgan fingerprint density at radius 2 is 1.94 bits per heavy atom. The molecule has 5 heterocycles. The summed E-state index contributed by atoms with van der Waals surface area (Å²) in [6.45, 7) is 9.10. The van der Waals surface area contributed by atoms with Crippen LogP contribution in [0.4, 0.5) is 17.2 Å². The standard InChI is InChI=1S/C25H28N8O2/c1-25(2,3)32-12-18-9-19(32)11-31(18)17-6-4-16(5-7-17)30-23-24-28-14-29-33(24)20(10-27-23)15-8-21(22(26)34)35-13-15/h4-8,10,13-14,18-19H,9,11-12H2,1-3H3,(H2,26,34)(H,27,30)/t18-,19+/m0/s1. The van der Waals surface area contributed by atoms with Crippen molar-refractivity contribution in [2.24, 2.45) is 5.73 Å². The van der Waals surface area contributed by atoms with Gasteiger partial charge < -0.3 is 20.4 Å². The Hall–Kier alpha value is -3.92. The maximum atomic E-state index is 11.4. The van der Waals surface area contributed by atoms with E-state index in [0.717, 1.165) is 18.8 Å². The van der Waals surface area contributed by atoms with Crippen LogP contribution < -0.4 is 16.0 Å². The summed E-state index contributed by atoms with van der Waals surface area (Å²) in [5.74, 6) is 0.0284. The molecule has 2 aliphatic rings. The van der Waals surface area contributed by atoms with E-state index >= 15 is 0 Å². The molecule has 4 aromatic rings. The lowest BCUT2D eigenvalue weighted by atomic mass is 10.0. The topological polar surface area (TPSA) is 118 Å². The average molecular weight is 473 g/mol. The lowest BCUT2D eigenvalue weighted by Crippen LogP contribution is -2.53. The van der Waals surface area contributed by atoms with Crippen LogP contribution in [0.25, 0.3) is 16.9 Å². The molecule has 0 spiro atoms. The van der Waals surface area contributed by atoms with Crippen molar-refractivity contribution in [3.05, 3.63) is 54.9 Å². The number of hydrogen-bond donors (Lipinski definition) is 2. The Balaban J connectivity index is 1.20. The lowest BCUT2D eigenvalue weighted by molar-refractivity contribution is 0.0974. The minimum atomic E-state index is -0.630. The normalized spacial score (nSPS) is 20.1. The predicted octanol–water partition coefficient (Wildman–Crippen LogP) is 3.29. The smallest absolute Gasteiger partial charge is 0.284 e. The molecule has 3 aromatic heterocycles. The van der Waals surface area contributed by atoms with Crippen molar-refractivity contribution in [1.29, 1.82) is 0 Å². The van der Waals surface area contributed by atoms with Crippen LogP contribution in [0.3, 0.4) is 0 Å². The maximum Gasteiger partial charge on any atom is 0.284 e. The Morgan fingerprint density at radius 1 is 1.14 bits per heavy atom. The van der Waals surface area contributed by atoms with E-state index in [-0.39, 0.29) is 11.3 Å². The van der Waals surface area contributed by atoms with Gasteiger partial charge in [0.05, 0.1) is 11.9 Å². The number of anilines is 3. The first kappa shape index (κ1) is 21.6. The van der Waals surface area contributed by atoms with Gasteiger partial charge in [0.1, 0.15) is 12.6 Å². The fraction of sp³-hybridized carbons (Fsp3) is 0.360. The zero-order valence-electron chi connectivity index (χ0n) is 20.0. The van der Waals surface area contributed by atoms with Crippen molar-refractivity contribution in [2.45, 2.75) is 44.8 Å². The summed E-state index contributed by atoms with van der Waals surface area (Å²) in [4.78, 5) is 25.5. The van der Waals surface area contributed by atoms with Crippen LogP contribution in [0.15, 0.2) is 53.5 Å². The Kier molecular flexibility index (Phi) is 4.82. The van der Waals surface area contributed by atoms with Gasteiger partial charge in [0.25, 0.3) is 5.91 Å². The number of primary amides is 1. The number of hydrogen-bond acceptors (Lipinski definition) is 8. The highest BCUT2D eigenvalue weighted by Gasteiger charge is 2.46. The van der Waals surface area contributed by atoms with E-state index in [0.29, 0.717) is 34.8 Å². The Labute approximate surface area is 202 Å². The van der Waals surface area contributed by atoms with E-state index in [4.69, 9.17) is 10.2 Å². The number of fused-ring (bicyclic) bond motifs is 3. The van der Waals surface area contributed by atoms with Gasteiger partial charge in [-0.15, -0.1) is 0 Å². The molecule has 2 aliphatic heterocycles. The monoisotopic (exact) mass is 472 g/mol. The van der Waals surface area contributed by atoms with Gasteiger partial charge in [0.15, 0.2) is 17.2 Å². The number of rotatable bonds is 5. The lowest BCUT2D eigenvalue weighted by Gasteiger charge is -2.42. The van der Waals surface area contributed by atoms with E-state index in [1.54, 1.807) is 16.8 Å². The number of nitrogens with two attached hydrogens (primary N) is 1. The van der Waals surface area contributed by atoms with E-state index in [1.807, 2.05) is 0 Å². The van der Waals surface area contributed by atoms with Crippen LogP contribution in [0.5, 0.6) is 0 Å². The van der Waals surface area contributed by atoms with Crippen LogP contribution in [-0.4, -0.2) is 61.1 Å². The van der Waals surface area contributed by atoms with Gasteiger partial charge in [-0.1, -0.05) is 0 Å². The SMILES string of the molecule is CC(C)(C)N1C[C@@H]2C[C@@H]1CN2c1ccc(Nc2ncc(-c3coc(C(N)=O)c3)n3ncnc23)cc1. The summed E-state index contributed by atoms with van der Waals surface area (Å²) >= 11 is 0. The largest absolute Gasteiger partial charge is 0.458 e. The zero-order chi connectivity index (χ0) is 24.3. The van der Waals surface area contributed by atoms with Crippen LogP contribution in [0.2, 0.25) is 0 Å². The molecule has 10 heteroatoms. The number of furan rings is 1. The summed E-state index contributed by atoms with van der Waals surface area (Å²) < 4.78 is 6.89. The summed E-state index contributed by atoms with van der Waals surface area (Å²) in [5.41, 5.74) is 9.53. The molecule has 2 saturated heterocycles. The molecule has 2 fully saturated rings. The molecule has 0 unspecified atom stereocenters. The van der Waals surface area contributed by atoms with E-state index in [1.165, 1.54) is 24.7 Å². The van der Waals surface area contributed by atoms with Gasteiger partial charge in [-0.2, -0.15) is 5.10 Å². The summed E-state index contributed by atoms with van der Waals surface area (Å²) in [5, 5.41) is 7.68. The van der Waals surface area contributed by atoms with Gasteiger partial charge in [-0.25, -0.2) is 14.5 Å². The quantitative estimate of drug-likeness (QED) is 0.454. The van der Waals surface area contributed by atoms with Crippen LogP contribution in [-0.2, 0) is 0 Å². The Bertz CT molecular complexity index is 1400. The predicted molar refractivity (Wildman–Crippen MR) is 133 cm³/mol. The van der Waals surface area contributed by atoms with Crippen molar-refractivity contribution in [2.75, 3.05) is 23.3 Å². The zero-order valence-corrected chi connectivity index (χ0v) is 20.0. The third-order valence-corrected chi connectivity index (χ3v) is 7.01. The minimum Gasteiger partial charge on any atom is -0.458 e. The first-order valence-corrected chi connectivity index (χ1v) is 11.8. The Morgan fingerprint density at radius 3 is 2.60 bits per heavy atom. The second kappa shape index (κ2) is 7.81. The number of carbonyl (C=O) groups excluding carboxylic acids is 1. The van der Waals surface area contributed by atoms with Gasteiger partial charge in [0.2, 0.25) is 0 Å². The van der Waals surface area contributed by atoms with E-state index < -0.39 is 5.91 Å². The summed E-state index contributed by atoms with van der Waals surface area (Å²) in [6, 6.07) is 11.2. The van der Waals surface area contributed by atoms with Gasteiger partial charge in [-0.3, -0.25) is 9.69 Å². The average Bonchev–Trinajstić information content (AvgIpc) is 3.62.